The van der Waals surface area contributed by atoms with Crippen molar-refractivity contribution in [2.45, 2.75) is 18.2 Å². The first-order valence-corrected chi connectivity index (χ1v) is 6.05. The van der Waals surface area contributed by atoms with Crippen LogP contribution in [0, 0.1) is 5.82 Å². The SMILES string of the molecule is CCCNNS(=O)(=O)c1ccc(F)cc1. The van der Waals surface area contributed by atoms with E-state index in [2.05, 4.69) is 10.3 Å². The predicted octanol–water partition coefficient (Wildman–Crippen LogP) is 1.02. The molecule has 0 spiro atoms. The van der Waals surface area contributed by atoms with E-state index in [1.165, 1.54) is 12.1 Å². The van der Waals surface area contributed by atoms with Crippen molar-refractivity contribution in [3.8, 4) is 0 Å². The third-order valence-electron chi connectivity index (χ3n) is 1.71. The third kappa shape index (κ3) is 3.58. The van der Waals surface area contributed by atoms with Crippen molar-refractivity contribution in [3.05, 3.63) is 30.1 Å². The van der Waals surface area contributed by atoms with Gasteiger partial charge in [0.05, 0.1) is 4.90 Å². The van der Waals surface area contributed by atoms with Crippen LogP contribution in [-0.2, 0) is 10.0 Å². The molecule has 0 saturated carbocycles. The lowest BCUT2D eigenvalue weighted by Gasteiger charge is -2.06. The van der Waals surface area contributed by atoms with Crippen molar-refractivity contribution >= 4 is 10.0 Å². The fourth-order valence-electron chi connectivity index (χ4n) is 0.944. The highest BCUT2D eigenvalue weighted by molar-refractivity contribution is 7.89. The van der Waals surface area contributed by atoms with Gasteiger partial charge in [-0.3, -0.25) is 0 Å². The molecule has 0 aliphatic heterocycles. The van der Waals surface area contributed by atoms with E-state index in [1.54, 1.807) is 0 Å². The van der Waals surface area contributed by atoms with Crippen LogP contribution in [0.2, 0.25) is 0 Å². The van der Waals surface area contributed by atoms with Gasteiger partial charge in [0.1, 0.15) is 5.82 Å². The molecule has 1 rings (SSSR count). The lowest BCUT2D eigenvalue weighted by molar-refractivity contribution is 0.553. The Morgan fingerprint density at radius 3 is 2.40 bits per heavy atom. The Morgan fingerprint density at radius 2 is 1.87 bits per heavy atom. The third-order valence-corrected chi connectivity index (χ3v) is 3.01. The maximum absolute atomic E-state index is 12.6. The first-order chi connectivity index (χ1) is 7.06. The van der Waals surface area contributed by atoms with Gasteiger partial charge in [0.25, 0.3) is 10.0 Å². The average Bonchev–Trinajstić information content (AvgIpc) is 2.18. The maximum atomic E-state index is 12.6. The molecule has 0 saturated heterocycles. The fraction of sp³-hybridized carbons (Fsp3) is 0.333. The first-order valence-electron chi connectivity index (χ1n) is 4.56. The molecule has 0 aliphatic carbocycles. The average molecular weight is 232 g/mol. The summed E-state index contributed by atoms with van der Waals surface area (Å²) in [6.45, 7) is 2.46. The van der Waals surface area contributed by atoms with E-state index in [4.69, 9.17) is 0 Å². The summed E-state index contributed by atoms with van der Waals surface area (Å²) in [5.74, 6) is -0.463. The van der Waals surface area contributed by atoms with Gasteiger partial charge < -0.3 is 0 Å². The summed E-state index contributed by atoms with van der Waals surface area (Å²) in [5, 5.41) is 0. The van der Waals surface area contributed by atoms with E-state index in [-0.39, 0.29) is 4.90 Å². The molecule has 1 aromatic carbocycles. The molecule has 84 valence electrons. The molecule has 0 fully saturated rings. The van der Waals surface area contributed by atoms with Gasteiger partial charge >= 0.3 is 0 Å². The Labute approximate surface area is 88.5 Å². The zero-order valence-corrected chi connectivity index (χ0v) is 9.14. The molecule has 0 aromatic heterocycles. The molecule has 0 unspecified atom stereocenters. The molecule has 0 aliphatic rings. The molecular weight excluding hydrogens is 219 g/mol. The molecular formula is C9H13FN2O2S. The summed E-state index contributed by atoms with van der Waals surface area (Å²) in [6, 6.07) is 4.64. The molecule has 0 atom stereocenters. The normalized spacial score (nSPS) is 11.6. The Kier molecular flexibility index (Phi) is 4.19. The van der Waals surface area contributed by atoms with Crippen molar-refractivity contribution in [1.29, 1.82) is 0 Å². The number of halogens is 1. The molecule has 2 N–H and O–H groups in total. The number of hydrogen-bond acceptors (Lipinski definition) is 3. The number of sulfonamides is 1. The summed E-state index contributed by atoms with van der Waals surface area (Å²) in [5.41, 5.74) is 2.56. The highest BCUT2D eigenvalue weighted by Crippen LogP contribution is 2.08. The molecule has 4 nitrogen and oxygen atoms in total. The van der Waals surface area contributed by atoms with Crippen LogP contribution in [-0.4, -0.2) is 15.0 Å². The van der Waals surface area contributed by atoms with Gasteiger partial charge in [0.15, 0.2) is 0 Å². The van der Waals surface area contributed by atoms with Crippen LogP contribution >= 0.6 is 0 Å². The second kappa shape index (κ2) is 5.20. The molecule has 6 heteroatoms. The minimum atomic E-state index is -3.58. The second-order valence-electron chi connectivity index (χ2n) is 2.99. The van der Waals surface area contributed by atoms with Crippen LogP contribution in [0.4, 0.5) is 4.39 Å². The van der Waals surface area contributed by atoms with Crippen LogP contribution in [0.25, 0.3) is 0 Å². The lowest BCUT2D eigenvalue weighted by Crippen LogP contribution is -2.37. The largest absolute Gasteiger partial charge is 0.253 e. The number of nitrogens with one attached hydrogen (secondary N) is 2. The highest BCUT2D eigenvalue weighted by Gasteiger charge is 2.12. The van der Waals surface area contributed by atoms with Gasteiger partial charge in [-0.15, -0.1) is 4.83 Å². The maximum Gasteiger partial charge on any atom is 0.253 e. The van der Waals surface area contributed by atoms with Crippen molar-refractivity contribution in [3.63, 3.8) is 0 Å². The molecule has 0 amide bonds. The van der Waals surface area contributed by atoms with Gasteiger partial charge in [-0.1, -0.05) is 6.92 Å². The van der Waals surface area contributed by atoms with Gasteiger partial charge in [-0.2, -0.15) is 0 Å². The van der Waals surface area contributed by atoms with E-state index in [0.29, 0.717) is 6.54 Å². The van der Waals surface area contributed by atoms with Crippen LogP contribution in [0.15, 0.2) is 29.2 Å². The van der Waals surface area contributed by atoms with E-state index < -0.39 is 15.8 Å². The van der Waals surface area contributed by atoms with Gasteiger partial charge in [-0.25, -0.2) is 18.2 Å². The van der Waals surface area contributed by atoms with Crippen LogP contribution in [0.1, 0.15) is 13.3 Å². The number of hydrazine groups is 1. The number of hydrogen-bond donors (Lipinski definition) is 2. The minimum absolute atomic E-state index is 0.0347. The van der Waals surface area contributed by atoms with Crippen molar-refractivity contribution in [2.75, 3.05) is 6.54 Å². The Bertz CT molecular complexity index is 403. The first kappa shape index (κ1) is 12.1. The molecule has 0 radical (unpaired) electrons. The summed E-state index contributed by atoms with van der Waals surface area (Å²) >= 11 is 0. The number of rotatable bonds is 5. The van der Waals surface area contributed by atoms with E-state index >= 15 is 0 Å². The van der Waals surface area contributed by atoms with Crippen molar-refractivity contribution in [1.82, 2.24) is 10.3 Å². The summed E-state index contributed by atoms with van der Waals surface area (Å²) in [6.07, 6.45) is 0.811. The second-order valence-corrected chi connectivity index (χ2v) is 4.67. The van der Waals surface area contributed by atoms with Crippen molar-refractivity contribution < 1.29 is 12.8 Å². The van der Waals surface area contributed by atoms with Gasteiger partial charge in [0.2, 0.25) is 0 Å². The Balaban J connectivity index is 2.73. The summed E-state index contributed by atoms with van der Waals surface area (Å²) in [4.78, 5) is 2.23. The molecule has 0 heterocycles. The number of benzene rings is 1. The summed E-state index contributed by atoms with van der Waals surface area (Å²) in [7, 11) is -3.58. The van der Waals surface area contributed by atoms with Crippen LogP contribution < -0.4 is 10.3 Å². The standard InChI is InChI=1S/C9H13FN2O2S/c1-2-7-11-12-15(13,14)9-5-3-8(10)4-6-9/h3-6,11-12H,2,7H2,1H3. The highest BCUT2D eigenvalue weighted by atomic mass is 32.2. The Hall–Kier alpha value is -0.980. The zero-order valence-electron chi connectivity index (χ0n) is 8.33. The quantitative estimate of drug-likeness (QED) is 0.588. The molecule has 0 bridgehead atoms. The van der Waals surface area contributed by atoms with Gasteiger partial charge in [0, 0.05) is 6.54 Å². The van der Waals surface area contributed by atoms with Gasteiger partial charge in [-0.05, 0) is 30.7 Å². The molecule has 1 aromatic rings. The van der Waals surface area contributed by atoms with E-state index in [1.807, 2.05) is 6.92 Å². The summed E-state index contributed by atoms with van der Waals surface area (Å²) < 4.78 is 35.6. The minimum Gasteiger partial charge on any atom is -0.244 e. The van der Waals surface area contributed by atoms with Crippen LogP contribution in [0.3, 0.4) is 0 Å². The smallest absolute Gasteiger partial charge is 0.244 e. The Morgan fingerprint density at radius 1 is 1.27 bits per heavy atom. The molecule has 15 heavy (non-hydrogen) atoms. The zero-order chi connectivity index (χ0) is 11.3. The fourth-order valence-corrected chi connectivity index (χ4v) is 1.85. The van der Waals surface area contributed by atoms with Crippen LogP contribution in [0.5, 0.6) is 0 Å². The van der Waals surface area contributed by atoms with E-state index in [9.17, 15) is 12.8 Å². The van der Waals surface area contributed by atoms with Crippen molar-refractivity contribution in [2.24, 2.45) is 0 Å². The predicted molar refractivity (Wildman–Crippen MR) is 55.0 cm³/mol. The van der Waals surface area contributed by atoms with E-state index in [0.717, 1.165) is 18.6 Å². The topological polar surface area (TPSA) is 58.2 Å². The lowest BCUT2D eigenvalue weighted by atomic mass is 10.4. The monoisotopic (exact) mass is 232 g/mol.